The first-order valence-electron chi connectivity index (χ1n) is 8.97. The molecule has 0 atom stereocenters. The molecule has 150 valence electrons. The lowest BCUT2D eigenvalue weighted by molar-refractivity contribution is 0.0706. The molecule has 4 aromatic rings. The molecule has 0 aliphatic heterocycles. The number of carbonyl (C=O) groups excluding carboxylic acids is 1. The molecule has 0 radical (unpaired) electrons. The summed E-state index contributed by atoms with van der Waals surface area (Å²) in [5.41, 5.74) is 3.22. The predicted molar refractivity (Wildman–Crippen MR) is 106 cm³/mol. The van der Waals surface area contributed by atoms with Gasteiger partial charge in [-0.05, 0) is 48.0 Å². The van der Waals surface area contributed by atoms with Crippen LogP contribution in [0.3, 0.4) is 0 Å². The van der Waals surface area contributed by atoms with E-state index in [2.05, 4.69) is 4.98 Å². The van der Waals surface area contributed by atoms with Crippen LogP contribution < -0.4 is 11.0 Å². The Morgan fingerprint density at radius 2 is 1.80 bits per heavy atom. The molecule has 0 saturated heterocycles. The quantitative estimate of drug-likeness (QED) is 0.401. The van der Waals surface area contributed by atoms with Gasteiger partial charge in [0, 0.05) is 12.0 Å². The molecule has 8 heteroatoms. The van der Waals surface area contributed by atoms with Crippen molar-refractivity contribution in [2.24, 2.45) is 0 Å². The zero-order valence-corrected chi connectivity index (χ0v) is 15.5. The Bertz CT molecular complexity index is 1340. The van der Waals surface area contributed by atoms with E-state index < -0.39 is 23.1 Å². The molecule has 1 heterocycles. The second-order valence-electron chi connectivity index (χ2n) is 6.60. The standard InChI is InChI=1S/C22H15F2N3O3/c23-16-9-8-13(10-17(16)24)11-19-22(29)27(20-7-2-1-6-18(20)25-19)15-5-3-4-14(12-15)21(28)26-30/h1-10,12,30H,11H2,(H,26,28). The minimum absolute atomic E-state index is 0.00230. The zero-order valence-electron chi connectivity index (χ0n) is 15.5. The maximum absolute atomic E-state index is 13.6. The number of para-hydroxylation sites is 2. The maximum Gasteiger partial charge on any atom is 0.277 e. The van der Waals surface area contributed by atoms with Crippen molar-refractivity contribution < 1.29 is 18.8 Å². The zero-order chi connectivity index (χ0) is 21.3. The smallest absolute Gasteiger partial charge is 0.277 e. The number of rotatable bonds is 4. The number of hydrogen-bond donors (Lipinski definition) is 2. The van der Waals surface area contributed by atoms with Crippen molar-refractivity contribution in [2.45, 2.75) is 6.42 Å². The summed E-state index contributed by atoms with van der Waals surface area (Å²) in [4.78, 5) is 29.5. The molecule has 0 bridgehead atoms. The first-order chi connectivity index (χ1) is 14.5. The molecule has 0 aliphatic rings. The Morgan fingerprint density at radius 1 is 1.00 bits per heavy atom. The fourth-order valence-electron chi connectivity index (χ4n) is 3.24. The summed E-state index contributed by atoms with van der Waals surface area (Å²) in [5, 5.41) is 8.89. The highest BCUT2D eigenvalue weighted by Crippen LogP contribution is 2.18. The Morgan fingerprint density at radius 3 is 2.57 bits per heavy atom. The number of aromatic nitrogens is 2. The summed E-state index contributed by atoms with van der Waals surface area (Å²) in [6.07, 6.45) is -0.00230. The molecule has 0 saturated carbocycles. The third-order valence-corrected chi connectivity index (χ3v) is 4.65. The molecule has 2 N–H and O–H groups in total. The number of nitrogens with one attached hydrogen (secondary N) is 1. The average molecular weight is 407 g/mol. The molecule has 0 aliphatic carbocycles. The summed E-state index contributed by atoms with van der Waals surface area (Å²) < 4.78 is 28.2. The van der Waals surface area contributed by atoms with Crippen molar-refractivity contribution in [2.75, 3.05) is 0 Å². The molecule has 0 spiro atoms. The van der Waals surface area contributed by atoms with Crippen LogP contribution in [-0.4, -0.2) is 20.7 Å². The van der Waals surface area contributed by atoms with Crippen molar-refractivity contribution in [3.63, 3.8) is 0 Å². The minimum Gasteiger partial charge on any atom is -0.288 e. The highest BCUT2D eigenvalue weighted by molar-refractivity contribution is 5.94. The van der Waals surface area contributed by atoms with Crippen LogP contribution in [-0.2, 0) is 6.42 Å². The van der Waals surface area contributed by atoms with Gasteiger partial charge in [-0.3, -0.25) is 19.4 Å². The summed E-state index contributed by atoms with van der Waals surface area (Å²) in [5.74, 6) is -2.69. The van der Waals surface area contributed by atoms with Gasteiger partial charge in [-0.25, -0.2) is 19.2 Å². The number of fused-ring (bicyclic) bond motifs is 1. The number of halogens is 2. The first-order valence-corrected chi connectivity index (χ1v) is 8.97. The van der Waals surface area contributed by atoms with Gasteiger partial charge in [0.15, 0.2) is 11.6 Å². The molecule has 0 fully saturated rings. The molecular formula is C22H15F2N3O3. The van der Waals surface area contributed by atoms with E-state index >= 15 is 0 Å². The Hall–Kier alpha value is -3.91. The Balaban J connectivity index is 1.91. The van der Waals surface area contributed by atoms with Crippen LogP contribution >= 0.6 is 0 Å². The lowest BCUT2D eigenvalue weighted by Gasteiger charge is -2.13. The van der Waals surface area contributed by atoms with Crippen LogP contribution in [0.15, 0.2) is 71.5 Å². The van der Waals surface area contributed by atoms with Crippen molar-refractivity contribution in [1.29, 1.82) is 0 Å². The third kappa shape index (κ3) is 3.56. The largest absolute Gasteiger partial charge is 0.288 e. The van der Waals surface area contributed by atoms with Gasteiger partial charge in [-0.15, -0.1) is 0 Å². The van der Waals surface area contributed by atoms with E-state index in [1.54, 1.807) is 41.9 Å². The topological polar surface area (TPSA) is 84.2 Å². The number of hydroxylamine groups is 1. The first kappa shape index (κ1) is 19.4. The summed E-state index contributed by atoms with van der Waals surface area (Å²) >= 11 is 0. The van der Waals surface area contributed by atoms with E-state index in [4.69, 9.17) is 5.21 Å². The minimum atomic E-state index is -1.00. The number of amides is 1. The number of nitrogens with zero attached hydrogens (tertiary/aromatic N) is 2. The van der Waals surface area contributed by atoms with Crippen LogP contribution in [0.5, 0.6) is 0 Å². The van der Waals surface area contributed by atoms with Gasteiger partial charge >= 0.3 is 0 Å². The summed E-state index contributed by atoms with van der Waals surface area (Å²) in [6.45, 7) is 0. The monoisotopic (exact) mass is 407 g/mol. The fraction of sp³-hybridized carbons (Fsp3) is 0.0455. The van der Waals surface area contributed by atoms with Crippen LogP contribution in [0.25, 0.3) is 16.7 Å². The van der Waals surface area contributed by atoms with Gasteiger partial charge in [-0.2, -0.15) is 0 Å². The number of hydrogen-bond acceptors (Lipinski definition) is 4. The number of carbonyl (C=O) groups is 1. The van der Waals surface area contributed by atoms with Crippen LogP contribution in [0.1, 0.15) is 21.6 Å². The number of benzene rings is 3. The molecule has 0 unspecified atom stereocenters. The van der Waals surface area contributed by atoms with Crippen LogP contribution in [0.4, 0.5) is 8.78 Å². The van der Waals surface area contributed by atoms with E-state index in [-0.39, 0.29) is 17.7 Å². The van der Waals surface area contributed by atoms with Crippen LogP contribution in [0, 0.1) is 11.6 Å². The third-order valence-electron chi connectivity index (χ3n) is 4.65. The van der Waals surface area contributed by atoms with Crippen molar-refractivity contribution in [1.82, 2.24) is 15.0 Å². The fourth-order valence-corrected chi connectivity index (χ4v) is 3.24. The predicted octanol–water partition coefficient (Wildman–Crippen LogP) is 3.37. The van der Waals surface area contributed by atoms with E-state index in [9.17, 15) is 18.4 Å². The van der Waals surface area contributed by atoms with E-state index in [0.717, 1.165) is 12.1 Å². The molecule has 3 aromatic carbocycles. The highest BCUT2D eigenvalue weighted by atomic mass is 19.2. The highest BCUT2D eigenvalue weighted by Gasteiger charge is 2.15. The van der Waals surface area contributed by atoms with Crippen LogP contribution in [0.2, 0.25) is 0 Å². The van der Waals surface area contributed by atoms with Gasteiger partial charge in [0.1, 0.15) is 5.69 Å². The molecule has 6 nitrogen and oxygen atoms in total. The Labute approximate surface area is 169 Å². The van der Waals surface area contributed by atoms with Gasteiger partial charge < -0.3 is 0 Å². The lowest BCUT2D eigenvalue weighted by Crippen LogP contribution is -2.25. The van der Waals surface area contributed by atoms with Crippen molar-refractivity contribution >= 4 is 16.9 Å². The van der Waals surface area contributed by atoms with Crippen molar-refractivity contribution in [3.05, 3.63) is 106 Å². The Kier molecular flexibility index (Phi) is 5.07. The van der Waals surface area contributed by atoms with Crippen molar-refractivity contribution in [3.8, 4) is 5.69 Å². The normalized spacial score (nSPS) is 10.9. The molecule has 1 aromatic heterocycles. The molecule has 4 rings (SSSR count). The lowest BCUT2D eigenvalue weighted by atomic mass is 10.1. The van der Waals surface area contributed by atoms with Gasteiger partial charge in [0.25, 0.3) is 11.5 Å². The van der Waals surface area contributed by atoms with E-state index in [1.165, 1.54) is 22.8 Å². The summed E-state index contributed by atoms with van der Waals surface area (Å²) in [6, 6.07) is 16.6. The molecule has 30 heavy (non-hydrogen) atoms. The van der Waals surface area contributed by atoms with Gasteiger partial charge in [0.2, 0.25) is 0 Å². The summed E-state index contributed by atoms with van der Waals surface area (Å²) in [7, 11) is 0. The van der Waals surface area contributed by atoms with E-state index in [1.807, 2.05) is 0 Å². The van der Waals surface area contributed by atoms with E-state index in [0.29, 0.717) is 22.3 Å². The van der Waals surface area contributed by atoms with Gasteiger partial charge in [0.05, 0.1) is 16.7 Å². The second-order valence-corrected chi connectivity index (χ2v) is 6.60. The SMILES string of the molecule is O=C(NO)c1cccc(-n2c(=O)c(Cc3ccc(F)c(F)c3)nc3ccccc32)c1. The average Bonchev–Trinajstić information content (AvgIpc) is 2.76. The second kappa shape index (κ2) is 7.84. The van der Waals surface area contributed by atoms with Gasteiger partial charge in [-0.1, -0.05) is 24.3 Å². The molecular weight excluding hydrogens is 392 g/mol. The molecule has 1 amide bonds. The maximum atomic E-state index is 13.6.